The Hall–Kier alpha value is -2.24. The summed E-state index contributed by atoms with van der Waals surface area (Å²) in [6.07, 6.45) is 3.33. The average molecular weight is 318 g/mol. The minimum absolute atomic E-state index is 0.0453. The summed E-state index contributed by atoms with van der Waals surface area (Å²) >= 11 is 0. The van der Waals surface area contributed by atoms with Crippen molar-refractivity contribution in [3.05, 3.63) is 23.8 Å². The molecule has 3 rings (SSSR count). The van der Waals surface area contributed by atoms with Gasteiger partial charge < -0.3 is 19.2 Å². The van der Waals surface area contributed by atoms with Crippen LogP contribution in [0.4, 0.5) is 0 Å². The molecule has 23 heavy (non-hydrogen) atoms. The maximum absolute atomic E-state index is 12.5. The highest BCUT2D eigenvalue weighted by atomic mass is 16.6. The lowest BCUT2D eigenvalue weighted by molar-refractivity contribution is -0.143. The van der Waals surface area contributed by atoms with Crippen molar-refractivity contribution >= 4 is 11.6 Å². The first kappa shape index (κ1) is 15.6. The summed E-state index contributed by atoms with van der Waals surface area (Å²) in [6, 6.07) is 5.59. The van der Waals surface area contributed by atoms with Crippen molar-refractivity contribution in [3.63, 3.8) is 0 Å². The number of piperidine rings is 1. The largest absolute Gasteiger partial charge is 0.493 e. The molecule has 1 fully saturated rings. The molecule has 2 aliphatic heterocycles. The standard InChI is InChI=1S/C17H22N2O4/c1-21-14-7-6-12(10-15(14)22-2)13-11-16(23-18-13)17(20)19-8-4-3-5-9-19/h6-7,10,16H,3-5,8-9,11H2,1-2H3/t16-/m0/s1. The minimum Gasteiger partial charge on any atom is -0.493 e. The second-order valence-corrected chi connectivity index (χ2v) is 5.79. The summed E-state index contributed by atoms with van der Waals surface area (Å²) in [5, 5.41) is 4.11. The van der Waals surface area contributed by atoms with E-state index in [2.05, 4.69) is 5.16 Å². The number of nitrogens with zero attached hydrogens (tertiary/aromatic N) is 2. The molecule has 1 atom stereocenters. The number of benzene rings is 1. The Morgan fingerprint density at radius 1 is 1.17 bits per heavy atom. The second-order valence-electron chi connectivity index (χ2n) is 5.79. The van der Waals surface area contributed by atoms with Crippen molar-refractivity contribution in [2.75, 3.05) is 27.3 Å². The zero-order chi connectivity index (χ0) is 16.2. The van der Waals surface area contributed by atoms with Crippen LogP contribution in [0.5, 0.6) is 11.5 Å². The van der Waals surface area contributed by atoms with Crippen molar-refractivity contribution in [2.45, 2.75) is 31.8 Å². The Labute approximate surface area is 136 Å². The van der Waals surface area contributed by atoms with Crippen LogP contribution in [0.2, 0.25) is 0 Å². The third-order valence-corrected chi connectivity index (χ3v) is 4.33. The van der Waals surface area contributed by atoms with E-state index in [0.717, 1.165) is 37.2 Å². The van der Waals surface area contributed by atoms with E-state index in [1.165, 1.54) is 6.42 Å². The molecule has 1 saturated heterocycles. The number of methoxy groups -OCH3 is 2. The van der Waals surface area contributed by atoms with Gasteiger partial charge in [0.1, 0.15) is 0 Å². The number of oxime groups is 1. The third-order valence-electron chi connectivity index (χ3n) is 4.33. The monoisotopic (exact) mass is 318 g/mol. The third kappa shape index (κ3) is 3.25. The van der Waals surface area contributed by atoms with Gasteiger partial charge in [-0.1, -0.05) is 5.16 Å². The van der Waals surface area contributed by atoms with Crippen LogP contribution in [0.1, 0.15) is 31.2 Å². The Morgan fingerprint density at radius 3 is 2.61 bits per heavy atom. The van der Waals surface area contributed by atoms with Gasteiger partial charge >= 0.3 is 0 Å². The fourth-order valence-corrected chi connectivity index (χ4v) is 3.01. The van der Waals surface area contributed by atoms with E-state index in [1.807, 2.05) is 23.1 Å². The zero-order valence-corrected chi connectivity index (χ0v) is 13.6. The molecular weight excluding hydrogens is 296 g/mol. The molecule has 2 heterocycles. The van der Waals surface area contributed by atoms with Gasteiger partial charge in [-0.25, -0.2) is 0 Å². The van der Waals surface area contributed by atoms with Gasteiger partial charge in [0.25, 0.3) is 5.91 Å². The van der Waals surface area contributed by atoms with Gasteiger partial charge in [0, 0.05) is 25.1 Å². The summed E-state index contributed by atoms with van der Waals surface area (Å²) < 4.78 is 10.5. The summed E-state index contributed by atoms with van der Waals surface area (Å²) in [5.41, 5.74) is 1.65. The van der Waals surface area contributed by atoms with Gasteiger partial charge in [-0.05, 0) is 37.5 Å². The van der Waals surface area contributed by atoms with Gasteiger partial charge in [0.15, 0.2) is 11.5 Å². The zero-order valence-electron chi connectivity index (χ0n) is 13.6. The normalized spacial score (nSPS) is 20.7. The molecule has 1 amide bonds. The lowest BCUT2D eigenvalue weighted by Crippen LogP contribution is -2.42. The van der Waals surface area contributed by atoms with Crippen LogP contribution in [-0.2, 0) is 9.63 Å². The molecule has 0 unspecified atom stereocenters. The summed E-state index contributed by atoms with van der Waals surface area (Å²) in [5.74, 6) is 1.35. The molecule has 0 radical (unpaired) electrons. The molecule has 0 N–H and O–H groups in total. The average Bonchev–Trinajstić information content (AvgIpc) is 3.11. The van der Waals surface area contributed by atoms with Crippen molar-refractivity contribution < 1.29 is 19.1 Å². The number of hydrogen-bond acceptors (Lipinski definition) is 5. The maximum atomic E-state index is 12.5. The van der Waals surface area contributed by atoms with Crippen molar-refractivity contribution in [2.24, 2.45) is 5.16 Å². The van der Waals surface area contributed by atoms with Gasteiger partial charge in [-0.3, -0.25) is 4.79 Å². The quantitative estimate of drug-likeness (QED) is 0.854. The molecule has 1 aromatic rings. The first-order valence-corrected chi connectivity index (χ1v) is 7.97. The maximum Gasteiger partial charge on any atom is 0.266 e. The molecule has 1 aromatic carbocycles. The molecule has 0 aliphatic carbocycles. The highest BCUT2D eigenvalue weighted by Crippen LogP contribution is 2.29. The number of likely N-dealkylation sites (tertiary alicyclic amines) is 1. The number of carbonyl (C=O) groups excluding carboxylic acids is 1. The number of carbonyl (C=O) groups is 1. The predicted octanol–water partition coefficient (Wildman–Crippen LogP) is 2.21. The summed E-state index contributed by atoms with van der Waals surface area (Å²) in [4.78, 5) is 19.8. The Morgan fingerprint density at radius 2 is 1.91 bits per heavy atom. The molecule has 6 heteroatoms. The van der Waals surface area contributed by atoms with Gasteiger partial charge in [-0.2, -0.15) is 0 Å². The molecule has 0 bridgehead atoms. The molecule has 0 saturated carbocycles. The van der Waals surface area contributed by atoms with E-state index >= 15 is 0 Å². The first-order valence-electron chi connectivity index (χ1n) is 7.97. The molecular formula is C17H22N2O4. The highest BCUT2D eigenvalue weighted by Gasteiger charge is 2.33. The molecule has 0 spiro atoms. The Bertz CT molecular complexity index is 609. The number of hydrogen-bond donors (Lipinski definition) is 0. The van der Waals surface area contributed by atoms with Crippen LogP contribution in [-0.4, -0.2) is 49.9 Å². The molecule has 0 aromatic heterocycles. The first-order chi connectivity index (χ1) is 11.2. The summed E-state index contributed by atoms with van der Waals surface area (Å²) in [6.45, 7) is 1.65. The van der Waals surface area contributed by atoms with Crippen LogP contribution in [0.25, 0.3) is 0 Å². The molecule has 124 valence electrons. The lowest BCUT2D eigenvalue weighted by Gasteiger charge is -2.28. The number of ether oxygens (including phenoxy) is 2. The topological polar surface area (TPSA) is 60.4 Å². The minimum atomic E-state index is -0.504. The summed E-state index contributed by atoms with van der Waals surface area (Å²) in [7, 11) is 3.19. The van der Waals surface area contributed by atoms with Crippen LogP contribution >= 0.6 is 0 Å². The van der Waals surface area contributed by atoms with Crippen LogP contribution in [0, 0.1) is 0 Å². The highest BCUT2D eigenvalue weighted by molar-refractivity contribution is 6.04. The van der Waals surface area contributed by atoms with Crippen molar-refractivity contribution in [1.82, 2.24) is 4.90 Å². The van der Waals surface area contributed by atoms with E-state index in [9.17, 15) is 4.79 Å². The fourth-order valence-electron chi connectivity index (χ4n) is 3.01. The van der Waals surface area contributed by atoms with Crippen LogP contribution in [0.3, 0.4) is 0 Å². The van der Waals surface area contributed by atoms with E-state index in [4.69, 9.17) is 14.3 Å². The van der Waals surface area contributed by atoms with Crippen LogP contribution in [0.15, 0.2) is 23.4 Å². The van der Waals surface area contributed by atoms with Gasteiger partial charge in [0.05, 0.1) is 19.9 Å². The molecule has 6 nitrogen and oxygen atoms in total. The van der Waals surface area contributed by atoms with Crippen molar-refractivity contribution in [3.8, 4) is 11.5 Å². The smallest absolute Gasteiger partial charge is 0.266 e. The molecule has 2 aliphatic rings. The number of amides is 1. The lowest BCUT2D eigenvalue weighted by atomic mass is 10.0. The van der Waals surface area contributed by atoms with Gasteiger partial charge in [0.2, 0.25) is 6.10 Å². The fraction of sp³-hybridized carbons (Fsp3) is 0.529. The predicted molar refractivity (Wildman–Crippen MR) is 86.0 cm³/mol. The van der Waals surface area contributed by atoms with Crippen LogP contribution < -0.4 is 9.47 Å². The van der Waals surface area contributed by atoms with E-state index in [1.54, 1.807) is 14.2 Å². The van der Waals surface area contributed by atoms with E-state index in [0.29, 0.717) is 17.9 Å². The van der Waals surface area contributed by atoms with E-state index < -0.39 is 6.10 Å². The SMILES string of the molecule is COc1ccc(C2=NO[C@H](C(=O)N3CCCCC3)C2)cc1OC. The Balaban J connectivity index is 1.68. The number of rotatable bonds is 4. The van der Waals surface area contributed by atoms with E-state index in [-0.39, 0.29) is 5.91 Å². The second kappa shape index (κ2) is 6.89. The van der Waals surface area contributed by atoms with Gasteiger partial charge in [-0.15, -0.1) is 0 Å². The Kier molecular flexibility index (Phi) is 4.69. The van der Waals surface area contributed by atoms with Crippen molar-refractivity contribution in [1.29, 1.82) is 0 Å².